The number of nitrogens with zero attached hydrogens (tertiary/aromatic N) is 2. The normalized spacial score (nSPS) is 19.5. The SMILES string of the molecule is CCc1nn(C[C@H]2CC[C@H](NC(=O)c3cc(C(F)(F)F)ccc3Cl)CC2)c(CC)c1Cl. The van der Waals surface area contributed by atoms with Crippen LogP contribution in [0.15, 0.2) is 18.2 Å². The molecule has 1 aliphatic rings. The number of hydrogen-bond acceptors (Lipinski definition) is 2. The summed E-state index contributed by atoms with van der Waals surface area (Å²) in [5, 5.41) is 8.26. The van der Waals surface area contributed by atoms with Crippen molar-refractivity contribution >= 4 is 29.1 Å². The second-order valence-electron chi connectivity index (χ2n) is 7.98. The lowest BCUT2D eigenvalue weighted by molar-refractivity contribution is -0.137. The second-order valence-corrected chi connectivity index (χ2v) is 8.77. The molecule has 4 nitrogen and oxygen atoms in total. The van der Waals surface area contributed by atoms with Crippen molar-refractivity contribution in [2.24, 2.45) is 5.92 Å². The first-order chi connectivity index (χ1) is 14.6. The highest BCUT2D eigenvalue weighted by Gasteiger charge is 2.32. The number of nitrogens with one attached hydrogen (secondary N) is 1. The molecule has 1 heterocycles. The van der Waals surface area contributed by atoms with Crippen molar-refractivity contribution in [1.82, 2.24) is 15.1 Å². The summed E-state index contributed by atoms with van der Waals surface area (Å²) < 4.78 is 40.9. The van der Waals surface area contributed by atoms with E-state index >= 15 is 0 Å². The molecule has 0 radical (unpaired) electrons. The minimum absolute atomic E-state index is 0.00794. The molecule has 3 rings (SSSR count). The molecule has 1 fully saturated rings. The van der Waals surface area contributed by atoms with Gasteiger partial charge in [-0.1, -0.05) is 37.0 Å². The Bertz CT molecular complexity index is 935. The van der Waals surface area contributed by atoms with Crippen LogP contribution in [0, 0.1) is 5.92 Å². The number of amides is 1. The maximum absolute atomic E-state index is 13.0. The van der Waals surface area contributed by atoms with Crippen LogP contribution in [-0.2, 0) is 25.6 Å². The predicted octanol–water partition coefficient (Wildman–Crippen LogP) is 6.32. The zero-order valence-electron chi connectivity index (χ0n) is 17.5. The van der Waals surface area contributed by atoms with Gasteiger partial charge in [0.2, 0.25) is 0 Å². The molecule has 1 aromatic carbocycles. The molecule has 0 saturated heterocycles. The van der Waals surface area contributed by atoms with E-state index in [2.05, 4.69) is 17.3 Å². The summed E-state index contributed by atoms with van der Waals surface area (Å²) in [5.41, 5.74) is 0.928. The van der Waals surface area contributed by atoms with Gasteiger partial charge in [-0.25, -0.2) is 0 Å². The van der Waals surface area contributed by atoms with Gasteiger partial charge in [-0.3, -0.25) is 9.48 Å². The molecule has 9 heteroatoms. The van der Waals surface area contributed by atoms with Gasteiger partial charge >= 0.3 is 6.18 Å². The Morgan fingerprint density at radius 3 is 2.42 bits per heavy atom. The van der Waals surface area contributed by atoms with Gasteiger partial charge < -0.3 is 5.32 Å². The minimum Gasteiger partial charge on any atom is -0.349 e. The van der Waals surface area contributed by atoms with E-state index in [0.29, 0.717) is 5.92 Å². The number of alkyl halides is 3. The number of halogens is 5. The Morgan fingerprint density at radius 1 is 1.16 bits per heavy atom. The van der Waals surface area contributed by atoms with Gasteiger partial charge in [0.25, 0.3) is 5.91 Å². The quantitative estimate of drug-likeness (QED) is 0.530. The summed E-state index contributed by atoms with van der Waals surface area (Å²) in [7, 11) is 0. The Balaban J connectivity index is 1.59. The molecule has 0 unspecified atom stereocenters. The molecule has 1 aromatic heterocycles. The van der Waals surface area contributed by atoms with Gasteiger partial charge in [-0.05, 0) is 62.6 Å². The van der Waals surface area contributed by atoms with Crippen LogP contribution in [0.2, 0.25) is 10.0 Å². The van der Waals surface area contributed by atoms with Gasteiger partial charge in [0.15, 0.2) is 0 Å². The predicted molar refractivity (Wildman–Crippen MR) is 116 cm³/mol. The molecule has 0 spiro atoms. The molecule has 1 amide bonds. The number of carbonyl (C=O) groups excluding carboxylic acids is 1. The van der Waals surface area contributed by atoms with Crippen LogP contribution < -0.4 is 5.32 Å². The first-order valence-electron chi connectivity index (χ1n) is 10.6. The molecule has 1 aliphatic carbocycles. The van der Waals surface area contributed by atoms with E-state index < -0.39 is 17.6 Å². The summed E-state index contributed by atoms with van der Waals surface area (Å²) in [6, 6.07) is 2.71. The van der Waals surface area contributed by atoms with E-state index in [9.17, 15) is 18.0 Å². The highest BCUT2D eigenvalue weighted by molar-refractivity contribution is 6.33. The Morgan fingerprint density at radius 2 is 1.84 bits per heavy atom. The van der Waals surface area contributed by atoms with Crippen LogP contribution in [0.1, 0.15) is 66.8 Å². The van der Waals surface area contributed by atoms with Crippen molar-refractivity contribution in [2.45, 2.75) is 71.1 Å². The van der Waals surface area contributed by atoms with Crippen molar-refractivity contribution in [3.8, 4) is 0 Å². The van der Waals surface area contributed by atoms with Crippen LogP contribution in [0.3, 0.4) is 0 Å². The number of aromatic nitrogens is 2. The van der Waals surface area contributed by atoms with Crippen molar-refractivity contribution in [1.29, 1.82) is 0 Å². The highest BCUT2D eigenvalue weighted by atomic mass is 35.5. The Labute approximate surface area is 190 Å². The molecule has 31 heavy (non-hydrogen) atoms. The standard InChI is InChI=1S/C22H26Cl2F3N3O/c1-3-18-20(24)19(4-2)30(29-18)12-13-5-8-15(9-6-13)28-21(31)16-11-14(22(25,26)27)7-10-17(16)23/h7,10-11,13,15H,3-6,8-9,12H2,1-2H3,(H,28,31)/t13-,15-. The fourth-order valence-electron chi connectivity index (χ4n) is 4.12. The summed E-state index contributed by atoms with van der Waals surface area (Å²) in [5.74, 6) is -0.157. The number of hydrogen-bond donors (Lipinski definition) is 1. The Kier molecular flexibility index (Phi) is 7.58. The summed E-state index contributed by atoms with van der Waals surface area (Å²) in [4.78, 5) is 12.6. The maximum atomic E-state index is 13.0. The van der Waals surface area contributed by atoms with Crippen LogP contribution in [0.25, 0.3) is 0 Å². The lowest BCUT2D eigenvalue weighted by atomic mass is 9.86. The largest absolute Gasteiger partial charge is 0.416 e. The van der Waals surface area contributed by atoms with Crippen molar-refractivity contribution in [3.05, 3.63) is 50.8 Å². The molecule has 0 bridgehead atoms. The number of carbonyl (C=O) groups is 1. The van der Waals surface area contributed by atoms with Gasteiger partial charge in [-0.15, -0.1) is 0 Å². The molecular formula is C22H26Cl2F3N3O. The smallest absolute Gasteiger partial charge is 0.349 e. The molecule has 170 valence electrons. The minimum atomic E-state index is -4.53. The zero-order valence-corrected chi connectivity index (χ0v) is 19.0. The van der Waals surface area contributed by atoms with Crippen molar-refractivity contribution in [3.63, 3.8) is 0 Å². The number of aryl methyl sites for hydroxylation is 1. The maximum Gasteiger partial charge on any atom is 0.416 e. The van der Waals surface area contributed by atoms with Crippen LogP contribution in [-0.4, -0.2) is 21.7 Å². The number of rotatable bonds is 6. The molecule has 0 aliphatic heterocycles. The second kappa shape index (κ2) is 9.82. The summed E-state index contributed by atoms with van der Waals surface area (Å²) in [6.45, 7) is 4.87. The third-order valence-electron chi connectivity index (χ3n) is 5.88. The molecule has 0 atom stereocenters. The van der Waals surface area contributed by atoms with Crippen molar-refractivity contribution in [2.75, 3.05) is 0 Å². The first-order valence-corrected chi connectivity index (χ1v) is 11.3. The van der Waals surface area contributed by atoms with Crippen LogP contribution in [0.5, 0.6) is 0 Å². The monoisotopic (exact) mass is 475 g/mol. The van der Waals surface area contributed by atoms with Crippen molar-refractivity contribution < 1.29 is 18.0 Å². The van der Waals surface area contributed by atoms with E-state index in [1.807, 2.05) is 11.6 Å². The molecule has 2 aromatic rings. The third kappa shape index (κ3) is 5.55. The fourth-order valence-corrected chi connectivity index (χ4v) is 4.72. The lowest BCUT2D eigenvalue weighted by Gasteiger charge is -2.29. The topological polar surface area (TPSA) is 46.9 Å². The third-order valence-corrected chi connectivity index (χ3v) is 6.65. The van der Waals surface area contributed by atoms with Gasteiger partial charge in [0.1, 0.15) is 0 Å². The van der Waals surface area contributed by atoms with E-state index in [0.717, 1.165) is 79.7 Å². The molecule has 1 saturated carbocycles. The zero-order chi connectivity index (χ0) is 22.8. The van der Waals surface area contributed by atoms with Crippen LogP contribution >= 0.6 is 23.2 Å². The Hall–Kier alpha value is -1.73. The van der Waals surface area contributed by atoms with Gasteiger partial charge in [0, 0.05) is 12.6 Å². The number of benzene rings is 1. The highest BCUT2D eigenvalue weighted by Crippen LogP contribution is 2.32. The average molecular weight is 476 g/mol. The first kappa shape index (κ1) is 23.9. The average Bonchev–Trinajstić information content (AvgIpc) is 3.03. The summed E-state index contributed by atoms with van der Waals surface area (Å²) >= 11 is 12.4. The lowest BCUT2D eigenvalue weighted by Crippen LogP contribution is -2.38. The molecule has 1 N–H and O–H groups in total. The molecular weight excluding hydrogens is 450 g/mol. The van der Waals surface area contributed by atoms with E-state index in [4.69, 9.17) is 23.2 Å². The van der Waals surface area contributed by atoms with E-state index in [1.54, 1.807) is 0 Å². The van der Waals surface area contributed by atoms with Gasteiger partial charge in [-0.2, -0.15) is 18.3 Å². The summed E-state index contributed by atoms with van der Waals surface area (Å²) in [6.07, 6.45) is 0.369. The fraction of sp³-hybridized carbons (Fsp3) is 0.545. The van der Waals surface area contributed by atoms with E-state index in [-0.39, 0.29) is 16.6 Å². The van der Waals surface area contributed by atoms with Gasteiger partial charge in [0.05, 0.1) is 32.6 Å². The van der Waals surface area contributed by atoms with E-state index in [1.165, 1.54) is 0 Å². The van der Waals surface area contributed by atoms with Crippen LogP contribution in [0.4, 0.5) is 13.2 Å².